The highest BCUT2D eigenvalue weighted by Gasteiger charge is 2.08. The van der Waals surface area contributed by atoms with E-state index >= 15 is 0 Å². The lowest BCUT2D eigenvalue weighted by Crippen LogP contribution is -1.90. The zero-order valence-electron chi connectivity index (χ0n) is 6.34. The molecule has 7 heteroatoms. The third kappa shape index (κ3) is 2.71. The van der Waals surface area contributed by atoms with Crippen LogP contribution in [-0.4, -0.2) is 9.85 Å². The van der Waals surface area contributed by atoms with E-state index in [9.17, 15) is 20.2 Å². The molecule has 0 aliphatic heterocycles. The van der Waals surface area contributed by atoms with Crippen LogP contribution in [0.2, 0.25) is 0 Å². The Bertz CT molecular complexity index is 291. The van der Waals surface area contributed by atoms with Crippen LogP contribution in [0.3, 0.4) is 0 Å². The first-order valence-electron chi connectivity index (χ1n) is 3.00. The third-order valence-electron chi connectivity index (χ3n) is 1.27. The molecule has 0 bridgehead atoms. The second kappa shape index (κ2) is 4.41. The molecule has 1 aromatic rings. The molecule has 0 spiro atoms. The molecule has 0 amide bonds. The maximum atomic E-state index is 10.1. The zero-order chi connectivity index (χ0) is 9.14. The van der Waals surface area contributed by atoms with Gasteiger partial charge in [-0.2, -0.15) is 13.5 Å². The number of hydrogen-bond acceptors (Lipinski definition) is 4. The van der Waals surface area contributed by atoms with E-state index in [1.165, 1.54) is 0 Å². The second-order valence-electron chi connectivity index (χ2n) is 2.03. The Morgan fingerprint density at radius 3 is 1.23 bits per heavy atom. The van der Waals surface area contributed by atoms with Crippen molar-refractivity contribution in [1.82, 2.24) is 0 Å². The van der Waals surface area contributed by atoms with Gasteiger partial charge in [0, 0.05) is 24.3 Å². The van der Waals surface area contributed by atoms with Gasteiger partial charge in [0.1, 0.15) is 0 Å². The number of nitro benzene ring substituents is 2. The van der Waals surface area contributed by atoms with Crippen LogP contribution in [0.15, 0.2) is 24.3 Å². The van der Waals surface area contributed by atoms with Crippen LogP contribution in [0.25, 0.3) is 0 Å². The fourth-order valence-electron chi connectivity index (χ4n) is 0.696. The molecule has 13 heavy (non-hydrogen) atoms. The van der Waals surface area contributed by atoms with Crippen molar-refractivity contribution in [1.29, 1.82) is 0 Å². The van der Waals surface area contributed by atoms with Gasteiger partial charge in [-0.25, -0.2) is 0 Å². The highest BCUT2D eigenvalue weighted by molar-refractivity contribution is 7.59. The van der Waals surface area contributed by atoms with Gasteiger partial charge in [-0.1, -0.05) is 0 Å². The quantitative estimate of drug-likeness (QED) is 0.538. The summed E-state index contributed by atoms with van der Waals surface area (Å²) < 4.78 is 0. The Balaban J connectivity index is 0.00000144. The summed E-state index contributed by atoms with van der Waals surface area (Å²) >= 11 is 0. The maximum Gasteiger partial charge on any atom is 0.269 e. The van der Waals surface area contributed by atoms with Gasteiger partial charge < -0.3 is 0 Å². The Morgan fingerprint density at radius 1 is 0.846 bits per heavy atom. The summed E-state index contributed by atoms with van der Waals surface area (Å²) in [5.74, 6) is 0. The summed E-state index contributed by atoms with van der Waals surface area (Å²) in [4.78, 5) is 19.0. The largest absolute Gasteiger partial charge is 0.269 e. The second-order valence-corrected chi connectivity index (χ2v) is 2.03. The summed E-state index contributed by atoms with van der Waals surface area (Å²) in [5, 5.41) is 20.2. The van der Waals surface area contributed by atoms with E-state index in [2.05, 4.69) is 0 Å². The van der Waals surface area contributed by atoms with Crippen molar-refractivity contribution in [3.8, 4) is 0 Å². The van der Waals surface area contributed by atoms with E-state index < -0.39 is 9.85 Å². The number of non-ortho nitro benzene ring substituents is 2. The van der Waals surface area contributed by atoms with Crippen LogP contribution in [0.5, 0.6) is 0 Å². The first-order chi connectivity index (χ1) is 5.61. The van der Waals surface area contributed by atoms with E-state index in [0.717, 1.165) is 24.3 Å². The van der Waals surface area contributed by atoms with Crippen molar-refractivity contribution in [2.45, 2.75) is 0 Å². The normalized spacial score (nSPS) is 8.62. The van der Waals surface area contributed by atoms with Crippen LogP contribution >= 0.6 is 13.5 Å². The fourth-order valence-corrected chi connectivity index (χ4v) is 0.696. The van der Waals surface area contributed by atoms with Gasteiger partial charge in [0.15, 0.2) is 0 Å². The first kappa shape index (κ1) is 11.4. The molecule has 0 unspecified atom stereocenters. The molecule has 1 rings (SSSR count). The monoisotopic (exact) mass is 202 g/mol. The molecule has 6 nitrogen and oxygen atoms in total. The number of nitrogens with zero attached hydrogens (tertiary/aromatic N) is 2. The number of rotatable bonds is 2. The van der Waals surface area contributed by atoms with Crippen molar-refractivity contribution in [3.05, 3.63) is 44.5 Å². The van der Waals surface area contributed by atoms with Gasteiger partial charge in [0.25, 0.3) is 11.4 Å². The van der Waals surface area contributed by atoms with Crippen LogP contribution in [0.4, 0.5) is 11.4 Å². The molecule has 1 aromatic carbocycles. The van der Waals surface area contributed by atoms with Gasteiger partial charge in [-0.15, -0.1) is 0 Å². The predicted octanol–water partition coefficient (Wildman–Crippen LogP) is 1.62. The SMILES string of the molecule is O=[N+]([O-])c1ccc([N+](=O)[O-])cc1.S. The van der Waals surface area contributed by atoms with E-state index in [4.69, 9.17) is 0 Å². The molecule has 0 atom stereocenters. The lowest BCUT2D eigenvalue weighted by Gasteiger charge is -1.90. The molecule has 0 saturated carbocycles. The first-order valence-corrected chi connectivity index (χ1v) is 3.00. The fraction of sp³-hybridized carbons (Fsp3) is 0. The molecular formula is C6H6N2O4S. The predicted molar refractivity (Wildman–Crippen MR) is 50.1 cm³/mol. The molecule has 0 saturated heterocycles. The van der Waals surface area contributed by atoms with Crippen molar-refractivity contribution < 1.29 is 9.85 Å². The molecular weight excluding hydrogens is 196 g/mol. The Morgan fingerprint density at radius 2 is 1.08 bits per heavy atom. The minimum absolute atomic E-state index is 0. The van der Waals surface area contributed by atoms with Crippen molar-refractivity contribution in [3.63, 3.8) is 0 Å². The number of nitro groups is 2. The summed E-state index contributed by atoms with van der Waals surface area (Å²) in [6, 6.07) is 4.38. The number of hydrogen-bond donors (Lipinski definition) is 0. The third-order valence-corrected chi connectivity index (χ3v) is 1.27. The van der Waals surface area contributed by atoms with Crippen molar-refractivity contribution in [2.75, 3.05) is 0 Å². The smallest absolute Gasteiger partial charge is 0.258 e. The lowest BCUT2D eigenvalue weighted by molar-refractivity contribution is -0.389. The van der Waals surface area contributed by atoms with Gasteiger partial charge in [0.05, 0.1) is 9.85 Å². The minimum Gasteiger partial charge on any atom is -0.258 e. The molecule has 0 N–H and O–H groups in total. The summed E-state index contributed by atoms with van der Waals surface area (Å²) in [7, 11) is 0. The van der Waals surface area contributed by atoms with Gasteiger partial charge in [-0.3, -0.25) is 20.2 Å². The molecule has 0 aliphatic rings. The molecule has 0 aliphatic carbocycles. The van der Waals surface area contributed by atoms with E-state index in [1.807, 2.05) is 0 Å². The van der Waals surface area contributed by atoms with Crippen molar-refractivity contribution in [2.24, 2.45) is 0 Å². The minimum atomic E-state index is -0.607. The molecule has 0 fully saturated rings. The average molecular weight is 202 g/mol. The molecule has 0 aromatic heterocycles. The van der Waals surface area contributed by atoms with E-state index in [-0.39, 0.29) is 24.9 Å². The maximum absolute atomic E-state index is 10.1. The molecule has 0 heterocycles. The lowest BCUT2D eigenvalue weighted by atomic mass is 10.3. The topological polar surface area (TPSA) is 86.3 Å². The summed E-state index contributed by atoms with van der Waals surface area (Å²) in [5.41, 5.74) is -0.304. The Kier molecular flexibility index (Phi) is 3.86. The van der Waals surface area contributed by atoms with Crippen LogP contribution in [0.1, 0.15) is 0 Å². The van der Waals surface area contributed by atoms with Gasteiger partial charge in [0.2, 0.25) is 0 Å². The van der Waals surface area contributed by atoms with E-state index in [0.29, 0.717) is 0 Å². The zero-order valence-corrected chi connectivity index (χ0v) is 7.34. The Labute approximate surface area is 79.9 Å². The van der Waals surface area contributed by atoms with Crippen LogP contribution < -0.4 is 0 Å². The highest BCUT2D eigenvalue weighted by atomic mass is 32.1. The standard InChI is InChI=1S/C6H4N2O4.H2S/c9-7(10)5-1-2-6(4-3-5)8(11)12;/h1-4H;1H2. The van der Waals surface area contributed by atoms with Crippen LogP contribution in [-0.2, 0) is 0 Å². The highest BCUT2D eigenvalue weighted by Crippen LogP contribution is 2.16. The summed E-state index contributed by atoms with van der Waals surface area (Å²) in [6.07, 6.45) is 0. The summed E-state index contributed by atoms with van der Waals surface area (Å²) in [6.45, 7) is 0. The number of benzene rings is 1. The van der Waals surface area contributed by atoms with E-state index in [1.54, 1.807) is 0 Å². The van der Waals surface area contributed by atoms with Crippen molar-refractivity contribution >= 4 is 24.9 Å². The van der Waals surface area contributed by atoms with Gasteiger partial charge in [-0.05, 0) is 0 Å². The van der Waals surface area contributed by atoms with Crippen LogP contribution in [0, 0.1) is 20.2 Å². The van der Waals surface area contributed by atoms with Gasteiger partial charge >= 0.3 is 0 Å². The average Bonchev–Trinajstić information content (AvgIpc) is 2.04. The molecule has 0 radical (unpaired) electrons. The Hall–Kier alpha value is -1.63. The molecule has 70 valence electrons.